The van der Waals surface area contributed by atoms with Crippen LogP contribution in [0.15, 0.2) is 47.3 Å². The van der Waals surface area contributed by atoms with Gasteiger partial charge in [0.2, 0.25) is 0 Å². The maximum Gasteiger partial charge on any atom is 0.112 e. The van der Waals surface area contributed by atoms with E-state index in [4.69, 9.17) is 0 Å². The fraction of sp³-hybridized carbons (Fsp3) is 0.188. The quantitative estimate of drug-likeness (QED) is 0.784. The number of pyridine rings is 3. The zero-order valence-electron chi connectivity index (χ0n) is 11.7. The van der Waals surface area contributed by atoms with Crippen LogP contribution >= 0.6 is 15.9 Å². The van der Waals surface area contributed by atoms with Crippen molar-refractivity contribution in [1.82, 2.24) is 15.0 Å². The first kappa shape index (κ1) is 13.9. The average Bonchev–Trinajstić information content (AvgIpc) is 2.49. The van der Waals surface area contributed by atoms with Crippen molar-refractivity contribution in [1.29, 1.82) is 0 Å². The number of hydrogen-bond acceptors (Lipinski definition) is 4. The van der Waals surface area contributed by atoms with Crippen LogP contribution < -0.4 is 5.32 Å². The summed E-state index contributed by atoms with van der Waals surface area (Å²) in [5.74, 6) is 0. The normalized spacial score (nSPS) is 10.8. The first-order valence-electron chi connectivity index (χ1n) is 6.78. The lowest BCUT2D eigenvalue weighted by atomic mass is 10.2. The maximum absolute atomic E-state index is 4.43. The lowest BCUT2D eigenvalue weighted by molar-refractivity contribution is 0.997. The molecular weight excluding hydrogens is 328 g/mol. The minimum atomic E-state index is 0.835. The fourth-order valence-corrected chi connectivity index (χ4v) is 2.46. The molecule has 106 valence electrons. The van der Waals surface area contributed by atoms with Crippen LogP contribution in [0.4, 0.5) is 5.69 Å². The molecule has 0 saturated carbocycles. The number of nitrogens with zero attached hydrogens (tertiary/aromatic N) is 3. The summed E-state index contributed by atoms with van der Waals surface area (Å²) in [5, 5.41) is 3.42. The molecule has 0 atom stereocenters. The second-order valence-electron chi connectivity index (χ2n) is 4.86. The molecule has 0 bridgehead atoms. The van der Waals surface area contributed by atoms with E-state index < -0.39 is 0 Å². The predicted molar refractivity (Wildman–Crippen MR) is 88.4 cm³/mol. The molecule has 0 fully saturated rings. The molecule has 3 rings (SSSR count). The molecule has 4 nitrogen and oxygen atoms in total. The van der Waals surface area contributed by atoms with Gasteiger partial charge in [0.1, 0.15) is 5.52 Å². The van der Waals surface area contributed by atoms with Crippen molar-refractivity contribution in [2.24, 2.45) is 0 Å². The smallest absolute Gasteiger partial charge is 0.112 e. The number of anilines is 1. The fourth-order valence-electron chi connectivity index (χ4n) is 2.14. The highest BCUT2D eigenvalue weighted by Crippen LogP contribution is 2.21. The molecule has 0 spiro atoms. The van der Waals surface area contributed by atoms with Crippen LogP contribution in [-0.4, -0.2) is 21.5 Å². The topological polar surface area (TPSA) is 50.7 Å². The van der Waals surface area contributed by atoms with E-state index in [1.54, 1.807) is 12.4 Å². The molecular formula is C16H15BrN4. The van der Waals surface area contributed by atoms with Gasteiger partial charge in [-0.05, 0) is 53.0 Å². The van der Waals surface area contributed by atoms with E-state index in [0.717, 1.165) is 39.9 Å². The molecule has 0 radical (unpaired) electrons. The molecule has 21 heavy (non-hydrogen) atoms. The molecule has 0 aromatic carbocycles. The molecule has 1 N–H and O–H groups in total. The number of nitrogens with one attached hydrogen (secondary N) is 1. The van der Waals surface area contributed by atoms with E-state index in [-0.39, 0.29) is 0 Å². The van der Waals surface area contributed by atoms with Crippen molar-refractivity contribution in [3.8, 4) is 0 Å². The summed E-state index contributed by atoms with van der Waals surface area (Å²) < 4.78 is 0.936. The van der Waals surface area contributed by atoms with Crippen LogP contribution in [-0.2, 0) is 6.42 Å². The number of aromatic nitrogens is 3. The highest BCUT2D eigenvalue weighted by Gasteiger charge is 2.03. The molecule has 0 aliphatic rings. The molecule has 0 amide bonds. The Labute approximate surface area is 131 Å². The highest BCUT2D eigenvalue weighted by atomic mass is 79.9. The second kappa shape index (κ2) is 6.18. The Hall–Kier alpha value is -2.01. The number of fused-ring (bicyclic) bond motifs is 1. The number of rotatable bonds is 4. The summed E-state index contributed by atoms with van der Waals surface area (Å²) in [7, 11) is 0. The van der Waals surface area contributed by atoms with Crippen molar-refractivity contribution < 1.29 is 0 Å². The molecule has 5 heteroatoms. The van der Waals surface area contributed by atoms with Crippen molar-refractivity contribution in [2.75, 3.05) is 11.9 Å². The first-order chi connectivity index (χ1) is 10.2. The number of aryl methyl sites for hydroxylation is 1. The molecule has 0 unspecified atom stereocenters. The zero-order valence-corrected chi connectivity index (χ0v) is 13.3. The van der Waals surface area contributed by atoms with Crippen molar-refractivity contribution in [3.05, 3.63) is 58.6 Å². The summed E-state index contributed by atoms with van der Waals surface area (Å²) in [6, 6.07) is 8.08. The Morgan fingerprint density at radius 3 is 2.81 bits per heavy atom. The van der Waals surface area contributed by atoms with Gasteiger partial charge < -0.3 is 5.32 Å². The Morgan fingerprint density at radius 2 is 2.00 bits per heavy atom. The Balaban J connectivity index is 1.72. The number of hydrogen-bond donors (Lipinski definition) is 1. The van der Waals surface area contributed by atoms with E-state index in [1.807, 2.05) is 31.3 Å². The van der Waals surface area contributed by atoms with Gasteiger partial charge in [0.25, 0.3) is 0 Å². The van der Waals surface area contributed by atoms with Crippen LogP contribution in [0.5, 0.6) is 0 Å². The number of halogens is 1. The van der Waals surface area contributed by atoms with Crippen molar-refractivity contribution in [2.45, 2.75) is 13.3 Å². The Morgan fingerprint density at radius 1 is 1.10 bits per heavy atom. The van der Waals surface area contributed by atoms with Gasteiger partial charge in [-0.3, -0.25) is 15.0 Å². The van der Waals surface area contributed by atoms with Gasteiger partial charge in [-0.25, -0.2) is 0 Å². The molecule has 3 heterocycles. The summed E-state index contributed by atoms with van der Waals surface area (Å²) in [5.41, 5.74) is 5.05. The minimum Gasteiger partial charge on any atom is -0.383 e. The highest BCUT2D eigenvalue weighted by molar-refractivity contribution is 9.10. The standard InChI is InChI=1S/C16H15BrN4/c1-11-2-3-12(9-20-11)4-6-18-14-5-7-19-15-8-13(17)10-21-16(14)15/h2-3,5,7-10H,4,6H2,1H3,(H,18,19). The summed E-state index contributed by atoms with van der Waals surface area (Å²) in [4.78, 5) is 13.1. The minimum absolute atomic E-state index is 0.835. The summed E-state index contributed by atoms with van der Waals surface area (Å²) in [6.07, 6.45) is 6.44. The van der Waals surface area contributed by atoms with Gasteiger partial charge in [0, 0.05) is 35.3 Å². The van der Waals surface area contributed by atoms with Crippen molar-refractivity contribution in [3.63, 3.8) is 0 Å². The Bertz CT molecular complexity index is 756. The average molecular weight is 343 g/mol. The van der Waals surface area contributed by atoms with Crippen LogP contribution in [0.2, 0.25) is 0 Å². The molecule has 3 aromatic heterocycles. The molecule has 0 aliphatic carbocycles. The summed E-state index contributed by atoms with van der Waals surface area (Å²) in [6.45, 7) is 2.83. The van der Waals surface area contributed by atoms with E-state index in [1.165, 1.54) is 5.56 Å². The second-order valence-corrected chi connectivity index (χ2v) is 5.78. The first-order valence-corrected chi connectivity index (χ1v) is 7.57. The van der Waals surface area contributed by atoms with E-state index >= 15 is 0 Å². The van der Waals surface area contributed by atoms with Gasteiger partial charge in [-0.15, -0.1) is 0 Å². The van der Waals surface area contributed by atoms with Gasteiger partial charge in [0.15, 0.2) is 0 Å². The van der Waals surface area contributed by atoms with Gasteiger partial charge in [0.05, 0.1) is 11.2 Å². The SMILES string of the molecule is Cc1ccc(CCNc2ccnc3cc(Br)cnc23)cn1. The zero-order chi connectivity index (χ0) is 14.7. The van der Waals surface area contributed by atoms with E-state index in [2.05, 4.69) is 42.3 Å². The molecule has 0 saturated heterocycles. The van der Waals surface area contributed by atoms with Crippen LogP contribution in [0, 0.1) is 6.92 Å². The molecule has 0 aliphatic heterocycles. The van der Waals surface area contributed by atoms with Gasteiger partial charge in [-0.1, -0.05) is 6.07 Å². The third kappa shape index (κ3) is 3.36. The summed E-state index contributed by atoms with van der Waals surface area (Å²) >= 11 is 3.42. The lowest BCUT2D eigenvalue weighted by Crippen LogP contribution is -2.06. The van der Waals surface area contributed by atoms with Gasteiger partial charge >= 0.3 is 0 Å². The lowest BCUT2D eigenvalue weighted by Gasteiger charge is -2.09. The predicted octanol–water partition coefficient (Wildman–Crippen LogP) is 3.75. The largest absolute Gasteiger partial charge is 0.383 e. The monoisotopic (exact) mass is 342 g/mol. The third-order valence-electron chi connectivity index (χ3n) is 3.25. The van der Waals surface area contributed by atoms with Crippen LogP contribution in [0.25, 0.3) is 11.0 Å². The Kier molecular flexibility index (Phi) is 4.10. The van der Waals surface area contributed by atoms with Crippen molar-refractivity contribution >= 4 is 32.7 Å². The van der Waals surface area contributed by atoms with E-state index in [0.29, 0.717) is 0 Å². The van der Waals surface area contributed by atoms with Gasteiger partial charge in [-0.2, -0.15) is 0 Å². The third-order valence-corrected chi connectivity index (χ3v) is 3.68. The van der Waals surface area contributed by atoms with Crippen LogP contribution in [0.3, 0.4) is 0 Å². The maximum atomic E-state index is 4.43. The van der Waals surface area contributed by atoms with Crippen LogP contribution in [0.1, 0.15) is 11.3 Å². The molecule has 3 aromatic rings. The van der Waals surface area contributed by atoms with E-state index in [9.17, 15) is 0 Å².